The Bertz CT molecular complexity index is 634. The summed E-state index contributed by atoms with van der Waals surface area (Å²) in [4.78, 5) is 13.9. The molecular weight excluding hydrogens is 263 g/mol. The molecule has 0 aliphatic heterocycles. The van der Waals surface area contributed by atoms with Gasteiger partial charge in [0.2, 0.25) is 0 Å². The van der Waals surface area contributed by atoms with Gasteiger partial charge in [0.1, 0.15) is 5.82 Å². The van der Waals surface area contributed by atoms with Gasteiger partial charge in [-0.2, -0.15) is 5.10 Å². The Labute approximate surface area is 114 Å². The Kier molecular flexibility index (Phi) is 4.06. The van der Waals surface area contributed by atoms with Gasteiger partial charge < -0.3 is 0 Å². The number of carbonyl (C=O) groups excluding carboxylic acids is 1. The summed E-state index contributed by atoms with van der Waals surface area (Å²) >= 11 is 1.59. The van der Waals surface area contributed by atoms with E-state index in [1.165, 1.54) is 23.1 Å². The zero-order chi connectivity index (χ0) is 13.8. The zero-order valence-corrected chi connectivity index (χ0v) is 11.4. The quantitative estimate of drug-likeness (QED) is 0.678. The largest absolute Gasteiger partial charge is 0.274 e. The van der Waals surface area contributed by atoms with E-state index < -0.39 is 11.7 Å². The van der Waals surface area contributed by atoms with E-state index >= 15 is 0 Å². The molecule has 0 unspecified atom stereocenters. The third-order valence-electron chi connectivity index (χ3n) is 2.54. The molecule has 1 aromatic heterocycles. The van der Waals surface area contributed by atoms with Gasteiger partial charge >= 0.3 is 0 Å². The van der Waals surface area contributed by atoms with Crippen molar-refractivity contribution in [2.45, 2.75) is 13.8 Å². The highest BCUT2D eigenvalue weighted by Crippen LogP contribution is 2.15. The molecule has 1 amide bonds. The van der Waals surface area contributed by atoms with Crippen molar-refractivity contribution in [1.29, 1.82) is 0 Å². The number of hydrogen-bond donors (Lipinski definition) is 1. The van der Waals surface area contributed by atoms with Gasteiger partial charge in [0.25, 0.3) is 5.91 Å². The van der Waals surface area contributed by atoms with Gasteiger partial charge in [-0.25, -0.2) is 9.82 Å². The van der Waals surface area contributed by atoms with Gasteiger partial charge in [-0.3, -0.25) is 4.79 Å². The molecule has 0 atom stereocenters. The Hall–Kier alpha value is -2.01. The first-order valence-corrected chi connectivity index (χ1v) is 6.55. The maximum absolute atomic E-state index is 13.4. The summed E-state index contributed by atoms with van der Waals surface area (Å²) < 4.78 is 13.4. The molecule has 0 radical (unpaired) electrons. The minimum atomic E-state index is -0.556. The van der Waals surface area contributed by atoms with Crippen LogP contribution in [0.5, 0.6) is 0 Å². The molecule has 1 aromatic carbocycles. The summed E-state index contributed by atoms with van der Waals surface area (Å²) in [6, 6.07) is 9.73. The summed E-state index contributed by atoms with van der Waals surface area (Å²) in [6.07, 6.45) is 0. The molecule has 19 heavy (non-hydrogen) atoms. The second-order valence-electron chi connectivity index (χ2n) is 4.03. The predicted molar refractivity (Wildman–Crippen MR) is 75.1 cm³/mol. The van der Waals surface area contributed by atoms with Crippen molar-refractivity contribution in [3.8, 4) is 0 Å². The number of benzene rings is 1. The molecule has 0 saturated carbocycles. The number of amides is 1. The van der Waals surface area contributed by atoms with E-state index in [0.29, 0.717) is 5.71 Å². The standard InChI is InChI=1S/C14H13FN2OS/c1-9-7-8-13(19-9)10(2)16-17-14(18)11-5-3-4-6-12(11)15/h3-8H,1-2H3,(H,17,18). The van der Waals surface area contributed by atoms with Gasteiger partial charge in [0.15, 0.2) is 0 Å². The summed E-state index contributed by atoms with van der Waals surface area (Å²) in [5.74, 6) is -1.11. The van der Waals surface area contributed by atoms with Gasteiger partial charge in [0, 0.05) is 4.88 Å². The lowest BCUT2D eigenvalue weighted by Gasteiger charge is -2.02. The summed E-state index contributed by atoms with van der Waals surface area (Å²) in [6.45, 7) is 3.80. The summed E-state index contributed by atoms with van der Waals surface area (Å²) in [5, 5.41) is 3.99. The molecule has 0 spiro atoms. The number of carbonyl (C=O) groups is 1. The van der Waals surface area contributed by atoms with Crippen LogP contribution in [0.1, 0.15) is 27.0 Å². The van der Waals surface area contributed by atoms with Gasteiger partial charge in [0.05, 0.1) is 16.2 Å². The molecule has 2 aromatic rings. The normalized spacial score (nSPS) is 11.4. The van der Waals surface area contributed by atoms with Crippen molar-refractivity contribution in [3.63, 3.8) is 0 Å². The molecule has 1 N–H and O–H groups in total. The van der Waals surface area contributed by atoms with Crippen LogP contribution in [0.3, 0.4) is 0 Å². The smallest absolute Gasteiger partial charge is 0.267 e. The van der Waals surface area contributed by atoms with Crippen LogP contribution in [0.25, 0.3) is 0 Å². The fourth-order valence-electron chi connectivity index (χ4n) is 1.52. The molecule has 1 heterocycles. The molecule has 0 aliphatic rings. The highest BCUT2D eigenvalue weighted by Gasteiger charge is 2.10. The molecule has 2 rings (SSSR count). The van der Waals surface area contributed by atoms with E-state index in [1.54, 1.807) is 24.3 Å². The van der Waals surface area contributed by atoms with Gasteiger partial charge in [-0.05, 0) is 38.1 Å². The van der Waals surface area contributed by atoms with Gasteiger partial charge in [-0.15, -0.1) is 11.3 Å². The van der Waals surface area contributed by atoms with Crippen LogP contribution >= 0.6 is 11.3 Å². The average molecular weight is 276 g/mol. The van der Waals surface area contributed by atoms with E-state index in [4.69, 9.17) is 0 Å². The summed E-state index contributed by atoms with van der Waals surface area (Å²) in [7, 11) is 0. The number of halogens is 1. The van der Waals surface area contributed by atoms with Crippen LogP contribution in [-0.2, 0) is 0 Å². The molecule has 0 bridgehead atoms. The van der Waals surface area contributed by atoms with Crippen molar-refractivity contribution < 1.29 is 9.18 Å². The van der Waals surface area contributed by atoms with Crippen molar-refractivity contribution in [2.75, 3.05) is 0 Å². The number of hydrazone groups is 1. The lowest BCUT2D eigenvalue weighted by molar-refractivity contribution is 0.0951. The third-order valence-corrected chi connectivity index (χ3v) is 3.65. The van der Waals surface area contributed by atoms with E-state index in [2.05, 4.69) is 10.5 Å². The topological polar surface area (TPSA) is 41.5 Å². The first kappa shape index (κ1) is 13.4. The first-order valence-electron chi connectivity index (χ1n) is 5.74. The van der Waals surface area contributed by atoms with Crippen LogP contribution in [-0.4, -0.2) is 11.6 Å². The lowest BCUT2D eigenvalue weighted by atomic mass is 10.2. The number of nitrogens with zero attached hydrogens (tertiary/aromatic N) is 1. The van der Waals surface area contributed by atoms with Gasteiger partial charge in [-0.1, -0.05) is 12.1 Å². The fourth-order valence-corrected chi connectivity index (χ4v) is 2.34. The maximum Gasteiger partial charge on any atom is 0.274 e. The maximum atomic E-state index is 13.4. The number of aryl methyl sites for hydroxylation is 1. The van der Waals surface area contributed by atoms with E-state index in [1.807, 2.05) is 19.1 Å². The molecule has 0 fully saturated rings. The molecule has 3 nitrogen and oxygen atoms in total. The Balaban J connectivity index is 2.10. The third kappa shape index (κ3) is 3.26. The van der Waals surface area contributed by atoms with E-state index in [9.17, 15) is 9.18 Å². The molecular formula is C14H13FN2OS. The number of thiophene rings is 1. The molecule has 5 heteroatoms. The number of nitrogens with one attached hydrogen (secondary N) is 1. The minimum Gasteiger partial charge on any atom is -0.267 e. The van der Waals surface area contributed by atoms with Crippen LogP contribution in [0.15, 0.2) is 41.5 Å². The van der Waals surface area contributed by atoms with Crippen LogP contribution in [0.2, 0.25) is 0 Å². The van der Waals surface area contributed by atoms with E-state index in [0.717, 1.165) is 4.88 Å². The average Bonchev–Trinajstić information content (AvgIpc) is 2.83. The molecule has 0 saturated heterocycles. The minimum absolute atomic E-state index is 0.0126. The fraction of sp³-hybridized carbons (Fsp3) is 0.143. The monoisotopic (exact) mass is 276 g/mol. The summed E-state index contributed by atoms with van der Waals surface area (Å²) in [5.41, 5.74) is 3.05. The van der Waals surface area contributed by atoms with Crippen LogP contribution in [0, 0.1) is 12.7 Å². The highest BCUT2D eigenvalue weighted by molar-refractivity contribution is 7.14. The Morgan fingerprint density at radius 2 is 2.00 bits per heavy atom. The van der Waals surface area contributed by atoms with Crippen molar-refractivity contribution in [3.05, 3.63) is 57.5 Å². The van der Waals surface area contributed by atoms with Crippen molar-refractivity contribution >= 4 is 23.0 Å². The second kappa shape index (κ2) is 5.75. The predicted octanol–water partition coefficient (Wildman–Crippen LogP) is 3.35. The van der Waals surface area contributed by atoms with E-state index in [-0.39, 0.29) is 5.56 Å². The highest BCUT2D eigenvalue weighted by atomic mass is 32.1. The number of rotatable bonds is 3. The molecule has 98 valence electrons. The molecule has 0 aliphatic carbocycles. The zero-order valence-electron chi connectivity index (χ0n) is 10.6. The van der Waals surface area contributed by atoms with Crippen molar-refractivity contribution in [2.24, 2.45) is 5.10 Å². The SMILES string of the molecule is CC(=NNC(=O)c1ccccc1F)c1ccc(C)s1. The van der Waals surface area contributed by atoms with Crippen LogP contribution in [0.4, 0.5) is 4.39 Å². The first-order chi connectivity index (χ1) is 9.08. The second-order valence-corrected chi connectivity index (χ2v) is 5.32. The van der Waals surface area contributed by atoms with Crippen molar-refractivity contribution in [1.82, 2.24) is 5.43 Å². The number of hydrogen-bond acceptors (Lipinski definition) is 3. The Morgan fingerprint density at radius 1 is 1.26 bits per heavy atom. The Morgan fingerprint density at radius 3 is 2.63 bits per heavy atom. The lowest BCUT2D eigenvalue weighted by Crippen LogP contribution is -2.20. The van der Waals surface area contributed by atoms with Crippen LogP contribution < -0.4 is 5.43 Å².